The molecule has 66 heavy (non-hydrogen) atoms. The molecule has 0 bridgehead atoms. The summed E-state index contributed by atoms with van der Waals surface area (Å²) < 4.78 is 0. The Kier molecular flexibility index (Phi) is 12.8. The van der Waals surface area contributed by atoms with E-state index in [1.54, 1.807) is 24.3 Å². The van der Waals surface area contributed by atoms with E-state index in [2.05, 4.69) is 132 Å². The van der Waals surface area contributed by atoms with Crippen molar-refractivity contribution < 1.29 is 19.2 Å². The SMILES string of the molecule is CC(C)c1cc(C(C)C)c(Cc2cc(=C3C(=O)c4ccccc4C3=O)cc/c2=c2/ccc(=C3C(=O)c4ccccc4C3=O)cc2Cc2c(C(C)C)cc(C(C)C)cc2C(C)C)c(C(C)C)c1. The van der Waals surface area contributed by atoms with Crippen molar-refractivity contribution in [2.75, 3.05) is 0 Å². The molecule has 0 heterocycles. The van der Waals surface area contributed by atoms with Gasteiger partial charge in [-0.2, -0.15) is 0 Å². The summed E-state index contributed by atoms with van der Waals surface area (Å²) in [6.07, 6.45) is 1.15. The van der Waals surface area contributed by atoms with Gasteiger partial charge in [-0.3, -0.25) is 19.2 Å². The van der Waals surface area contributed by atoms with Gasteiger partial charge in [0.2, 0.25) is 0 Å². The maximum absolute atomic E-state index is 14.1. The van der Waals surface area contributed by atoms with Gasteiger partial charge in [0.1, 0.15) is 0 Å². The van der Waals surface area contributed by atoms with Crippen LogP contribution in [0.1, 0.15) is 216 Å². The van der Waals surface area contributed by atoms with Gasteiger partial charge in [-0.15, -0.1) is 0 Å². The van der Waals surface area contributed by atoms with Gasteiger partial charge in [0, 0.05) is 22.3 Å². The molecule has 4 heteroatoms. The van der Waals surface area contributed by atoms with E-state index >= 15 is 0 Å². The molecule has 0 saturated carbocycles. The normalized spacial score (nSPS) is 14.4. The molecule has 6 aromatic carbocycles. The second-order valence-corrected chi connectivity index (χ2v) is 20.5. The minimum absolute atomic E-state index is 0.200. The monoisotopic (exact) mass is 872 g/mol. The number of carbonyl (C=O) groups excluding carboxylic acids is 4. The average molecular weight is 873 g/mol. The third kappa shape index (κ3) is 8.29. The zero-order valence-electron chi connectivity index (χ0n) is 40.9. The largest absolute Gasteiger partial charge is 0.288 e. The minimum atomic E-state index is -0.248. The van der Waals surface area contributed by atoms with Crippen LogP contribution in [0.4, 0.5) is 0 Å². The van der Waals surface area contributed by atoms with Crippen LogP contribution < -0.4 is 10.4 Å². The van der Waals surface area contributed by atoms with Crippen LogP contribution in [0.3, 0.4) is 0 Å². The lowest BCUT2D eigenvalue weighted by molar-refractivity contribution is 0.101. The van der Waals surface area contributed by atoms with E-state index in [1.807, 2.05) is 36.4 Å². The van der Waals surface area contributed by atoms with Gasteiger partial charge in [0.05, 0.1) is 11.1 Å². The third-order valence-corrected chi connectivity index (χ3v) is 14.1. The number of Topliss-reactive ketones (excluding diaryl/α,β-unsaturated/α-hetero) is 4. The molecule has 0 amide bonds. The van der Waals surface area contributed by atoms with Crippen molar-refractivity contribution >= 4 is 34.3 Å². The second-order valence-electron chi connectivity index (χ2n) is 20.5. The topological polar surface area (TPSA) is 68.3 Å². The summed E-state index contributed by atoms with van der Waals surface area (Å²) in [4.78, 5) is 56.4. The number of rotatable bonds is 10. The van der Waals surface area contributed by atoms with Crippen LogP contribution in [0.2, 0.25) is 0 Å². The van der Waals surface area contributed by atoms with Crippen LogP contribution in [0.25, 0.3) is 11.1 Å². The molecule has 4 nitrogen and oxygen atoms in total. The summed E-state index contributed by atoms with van der Waals surface area (Å²) in [5, 5.41) is 3.19. The van der Waals surface area contributed by atoms with E-state index in [1.165, 1.54) is 44.5 Å². The van der Waals surface area contributed by atoms with Gasteiger partial charge < -0.3 is 0 Å². The van der Waals surface area contributed by atoms with E-state index in [0.717, 1.165) is 21.6 Å². The van der Waals surface area contributed by atoms with Crippen molar-refractivity contribution in [1.82, 2.24) is 0 Å². The first-order valence-corrected chi connectivity index (χ1v) is 24.1. The Morgan fingerprint density at radius 3 is 0.848 bits per heavy atom. The Labute approximate surface area is 391 Å². The maximum atomic E-state index is 14.1. The Bertz CT molecular complexity index is 2880. The predicted octanol–water partition coefficient (Wildman–Crippen LogP) is 13.4. The summed E-state index contributed by atoms with van der Waals surface area (Å²) in [5.74, 6) is 0.725. The van der Waals surface area contributed by atoms with Crippen molar-refractivity contribution in [3.8, 4) is 0 Å². The van der Waals surface area contributed by atoms with Crippen LogP contribution >= 0.6 is 0 Å². The highest BCUT2D eigenvalue weighted by molar-refractivity contribution is 6.56. The van der Waals surface area contributed by atoms with Gasteiger partial charge >= 0.3 is 0 Å². The van der Waals surface area contributed by atoms with E-state index in [0.29, 0.717) is 57.4 Å². The summed E-state index contributed by atoms with van der Waals surface area (Å²) in [6, 6.07) is 35.9. The quantitative estimate of drug-likeness (QED) is 0.137. The molecule has 0 radical (unpaired) electrons. The van der Waals surface area contributed by atoms with Crippen molar-refractivity contribution in [3.63, 3.8) is 0 Å². The molecule has 0 aromatic heterocycles. The molecular weight excluding hydrogens is 809 g/mol. The van der Waals surface area contributed by atoms with Crippen LogP contribution in [0, 0.1) is 10.4 Å². The lowest BCUT2D eigenvalue weighted by Crippen LogP contribution is -2.17. The van der Waals surface area contributed by atoms with Crippen molar-refractivity contribution in [2.45, 2.75) is 131 Å². The third-order valence-electron chi connectivity index (χ3n) is 14.1. The fraction of sp³-hybridized carbons (Fsp3) is 0.323. The van der Waals surface area contributed by atoms with E-state index < -0.39 is 0 Å². The van der Waals surface area contributed by atoms with E-state index in [9.17, 15) is 19.2 Å². The van der Waals surface area contributed by atoms with Crippen LogP contribution in [0.5, 0.6) is 0 Å². The van der Waals surface area contributed by atoms with Gasteiger partial charge in [-0.05, 0) is 137 Å². The smallest absolute Gasteiger partial charge is 0.198 e. The first-order valence-electron chi connectivity index (χ1n) is 24.1. The van der Waals surface area contributed by atoms with Gasteiger partial charge in [-0.25, -0.2) is 0 Å². The first-order chi connectivity index (χ1) is 31.4. The standard InChI is InChI=1S/C62H64O4/c1-33(2)41-27-51(35(5)6)55(52(28-41)36(7)8)31-43-25-39(57-59(63)47-17-13-14-18-48(47)60(57)64)21-23-45(43)46-24-22-40(58-61(65)49-19-15-16-20-50(49)62(58)66)26-44(46)32-56-53(37(9)10)29-42(34(3)4)30-54(56)38(11)12/h13-30,33-38H,31-32H2,1-12H3/b46-45+. The van der Waals surface area contributed by atoms with Crippen LogP contribution in [-0.4, -0.2) is 23.1 Å². The van der Waals surface area contributed by atoms with Crippen molar-refractivity contribution in [1.29, 1.82) is 0 Å². The van der Waals surface area contributed by atoms with Crippen LogP contribution in [-0.2, 0) is 12.8 Å². The summed E-state index contributed by atoms with van der Waals surface area (Å²) in [6.45, 7) is 27.1. The lowest BCUT2D eigenvalue weighted by atomic mass is 9.81. The van der Waals surface area contributed by atoms with Gasteiger partial charge in [0.15, 0.2) is 23.1 Å². The molecule has 0 N–H and O–H groups in total. The molecule has 8 rings (SSSR count). The molecule has 0 unspecified atom stereocenters. The number of hydrogen-bond acceptors (Lipinski definition) is 4. The zero-order valence-corrected chi connectivity index (χ0v) is 40.9. The summed E-state index contributed by atoms with van der Waals surface area (Å²) >= 11 is 0. The maximum Gasteiger partial charge on any atom is 0.198 e. The fourth-order valence-corrected chi connectivity index (χ4v) is 10.3. The molecule has 0 aliphatic heterocycles. The molecule has 6 aromatic rings. The number of carbonyl (C=O) groups is 4. The van der Waals surface area contributed by atoms with Crippen molar-refractivity contribution in [2.24, 2.45) is 0 Å². The molecule has 336 valence electrons. The molecule has 0 atom stereocenters. The highest BCUT2D eigenvalue weighted by Gasteiger charge is 2.34. The number of hydrogen-bond donors (Lipinski definition) is 0. The average Bonchev–Trinajstić information content (AvgIpc) is 3.69. The molecule has 0 spiro atoms. The van der Waals surface area contributed by atoms with Gasteiger partial charge in [-0.1, -0.05) is 180 Å². The zero-order chi connectivity index (χ0) is 47.5. The van der Waals surface area contributed by atoms with E-state index in [4.69, 9.17) is 0 Å². The number of benzene rings is 6. The minimum Gasteiger partial charge on any atom is -0.288 e. The lowest BCUT2D eigenvalue weighted by Gasteiger charge is -2.24. The Balaban J connectivity index is 1.51. The molecule has 2 aliphatic carbocycles. The molecule has 2 aliphatic rings. The van der Waals surface area contributed by atoms with Crippen LogP contribution in [0.15, 0.2) is 109 Å². The Morgan fingerprint density at radius 1 is 0.333 bits per heavy atom. The predicted molar refractivity (Wildman–Crippen MR) is 270 cm³/mol. The molecule has 0 saturated heterocycles. The summed E-state index contributed by atoms with van der Waals surface area (Å²) in [7, 11) is 0. The van der Waals surface area contributed by atoms with Crippen molar-refractivity contribution in [3.05, 3.63) is 208 Å². The molecule has 0 fully saturated rings. The Morgan fingerprint density at radius 2 is 0.606 bits per heavy atom. The van der Waals surface area contributed by atoms with Gasteiger partial charge in [0.25, 0.3) is 0 Å². The second kappa shape index (κ2) is 18.2. The summed E-state index contributed by atoms with van der Waals surface area (Å²) in [5.41, 5.74) is 14.5. The van der Waals surface area contributed by atoms with E-state index in [-0.39, 0.29) is 58.0 Å². The first kappa shape index (κ1) is 46.3. The highest BCUT2D eigenvalue weighted by Crippen LogP contribution is 2.37. The highest BCUT2D eigenvalue weighted by atomic mass is 16.2. The number of ketones is 4. The number of fused-ring (bicyclic) bond motifs is 2. The molecular formula is C62H64O4. The Hall–Kier alpha value is -6.26. The fourth-order valence-electron chi connectivity index (χ4n) is 10.3.